The first-order chi connectivity index (χ1) is 16.1. The highest BCUT2D eigenvalue weighted by molar-refractivity contribution is 5.86. The number of nitrogens with zero attached hydrogens (tertiary/aromatic N) is 1. The zero-order valence-corrected chi connectivity index (χ0v) is 19.8. The number of hydrogen-bond donors (Lipinski definition) is 1. The molecule has 0 unspecified atom stereocenters. The predicted octanol–water partition coefficient (Wildman–Crippen LogP) is 4.57. The third-order valence-corrected chi connectivity index (χ3v) is 5.25. The number of nitrogens with one attached hydrogen (secondary N) is 1. The van der Waals surface area contributed by atoms with E-state index >= 15 is 0 Å². The number of ether oxygens (including phenoxy) is 3. The normalized spacial score (nSPS) is 15.7. The zero-order chi connectivity index (χ0) is 24.9. The van der Waals surface area contributed by atoms with Crippen molar-refractivity contribution >= 4 is 12.0 Å². The van der Waals surface area contributed by atoms with Gasteiger partial charge in [-0.2, -0.15) is 0 Å². The van der Waals surface area contributed by atoms with Gasteiger partial charge in [-0.3, -0.25) is 9.69 Å². The molecule has 34 heavy (non-hydrogen) atoms. The molecule has 1 fully saturated rings. The molecule has 2 amide bonds. The Morgan fingerprint density at radius 3 is 2.59 bits per heavy atom. The highest BCUT2D eigenvalue weighted by Gasteiger charge is 2.36. The summed E-state index contributed by atoms with van der Waals surface area (Å²) in [5, 5.41) is 2.76. The highest BCUT2D eigenvalue weighted by atomic mass is 19.1. The molecule has 7 nitrogen and oxygen atoms in total. The number of benzene rings is 2. The molecular formula is C25H30F2N2O5. The fourth-order valence-electron chi connectivity index (χ4n) is 3.68. The first-order valence-electron chi connectivity index (χ1n) is 11.1. The van der Waals surface area contributed by atoms with Gasteiger partial charge in [0.2, 0.25) is 5.91 Å². The smallest absolute Gasteiger partial charge is 0.410 e. The van der Waals surface area contributed by atoms with E-state index < -0.39 is 29.4 Å². The molecule has 0 aromatic heterocycles. The quantitative estimate of drug-likeness (QED) is 0.634. The van der Waals surface area contributed by atoms with Crippen LogP contribution in [0.3, 0.4) is 0 Å². The number of halogens is 2. The first-order valence-corrected chi connectivity index (χ1v) is 11.1. The Balaban J connectivity index is 1.64. The van der Waals surface area contributed by atoms with E-state index in [2.05, 4.69) is 5.32 Å². The number of hydrogen-bond acceptors (Lipinski definition) is 5. The van der Waals surface area contributed by atoms with Gasteiger partial charge >= 0.3 is 6.09 Å². The Bertz CT molecular complexity index is 1040. The predicted molar refractivity (Wildman–Crippen MR) is 121 cm³/mol. The molecule has 0 radical (unpaired) electrons. The molecule has 0 aliphatic carbocycles. The van der Waals surface area contributed by atoms with E-state index in [0.717, 1.165) is 0 Å². The second-order valence-electron chi connectivity index (χ2n) is 9.06. The number of methoxy groups -OCH3 is 1. The summed E-state index contributed by atoms with van der Waals surface area (Å²) in [4.78, 5) is 26.6. The molecule has 1 aliphatic heterocycles. The molecular weight excluding hydrogens is 446 g/mol. The van der Waals surface area contributed by atoms with Crippen LogP contribution in [0.1, 0.15) is 44.7 Å². The van der Waals surface area contributed by atoms with E-state index in [1.807, 2.05) is 0 Å². The molecule has 2 aromatic rings. The van der Waals surface area contributed by atoms with E-state index in [4.69, 9.17) is 14.2 Å². The molecule has 2 aromatic carbocycles. The van der Waals surface area contributed by atoms with Crippen molar-refractivity contribution in [1.82, 2.24) is 10.2 Å². The Morgan fingerprint density at radius 2 is 1.91 bits per heavy atom. The van der Waals surface area contributed by atoms with Crippen LogP contribution in [-0.4, -0.2) is 42.2 Å². The maximum absolute atomic E-state index is 14.7. The Morgan fingerprint density at radius 1 is 1.15 bits per heavy atom. The number of rotatable bonds is 7. The third kappa shape index (κ3) is 6.59. The summed E-state index contributed by atoms with van der Waals surface area (Å²) in [7, 11) is 1.43. The lowest BCUT2D eigenvalue weighted by Crippen LogP contribution is -2.47. The van der Waals surface area contributed by atoms with Gasteiger partial charge in [-0.1, -0.05) is 12.1 Å². The van der Waals surface area contributed by atoms with E-state index in [1.54, 1.807) is 32.9 Å². The summed E-state index contributed by atoms with van der Waals surface area (Å²) >= 11 is 0. The standard InChI is InChI=1S/C25H30F2N2O5/c1-25(2,3)34-24(31)29-10-6-9-20(29)23(30)28-14-17-12-19(27)22(13-21(17)32-4)33-15-16-7-5-8-18(26)11-16/h5,7-8,11-13,20H,6,9-10,14-15H2,1-4H3,(H,28,30)/t20-/m0/s1. The number of carbonyl (C=O) groups excluding carboxylic acids is 2. The van der Waals surface area contributed by atoms with Crippen LogP contribution < -0.4 is 14.8 Å². The molecule has 1 aliphatic rings. The second-order valence-corrected chi connectivity index (χ2v) is 9.06. The molecule has 1 saturated heterocycles. The summed E-state index contributed by atoms with van der Waals surface area (Å²) in [6.45, 7) is 5.72. The first kappa shape index (κ1) is 25.3. The van der Waals surface area contributed by atoms with Gasteiger partial charge in [0.25, 0.3) is 0 Å². The van der Waals surface area contributed by atoms with Gasteiger partial charge in [0.05, 0.1) is 7.11 Å². The minimum atomic E-state index is -0.663. The second kappa shape index (κ2) is 10.7. The van der Waals surface area contributed by atoms with E-state index in [1.165, 1.54) is 36.3 Å². The van der Waals surface area contributed by atoms with Crippen molar-refractivity contribution in [2.45, 2.75) is 58.4 Å². The Kier molecular flexibility index (Phi) is 7.96. The summed E-state index contributed by atoms with van der Waals surface area (Å²) < 4.78 is 44.2. The van der Waals surface area contributed by atoms with Crippen LogP contribution in [0, 0.1) is 11.6 Å². The van der Waals surface area contributed by atoms with Crippen molar-refractivity contribution in [3.63, 3.8) is 0 Å². The topological polar surface area (TPSA) is 77.1 Å². The van der Waals surface area contributed by atoms with Crippen LogP contribution >= 0.6 is 0 Å². The van der Waals surface area contributed by atoms with Gasteiger partial charge in [0.15, 0.2) is 11.6 Å². The van der Waals surface area contributed by atoms with Crippen molar-refractivity contribution in [1.29, 1.82) is 0 Å². The van der Waals surface area contributed by atoms with Gasteiger partial charge in [-0.15, -0.1) is 0 Å². The van der Waals surface area contributed by atoms with Crippen molar-refractivity contribution in [2.24, 2.45) is 0 Å². The lowest BCUT2D eigenvalue weighted by atomic mass is 10.1. The Labute approximate surface area is 198 Å². The molecule has 0 spiro atoms. The van der Waals surface area contributed by atoms with Gasteiger partial charge in [0, 0.05) is 24.7 Å². The average molecular weight is 477 g/mol. The van der Waals surface area contributed by atoms with Crippen LogP contribution in [0.25, 0.3) is 0 Å². The van der Waals surface area contributed by atoms with E-state index in [-0.39, 0.29) is 24.8 Å². The summed E-state index contributed by atoms with van der Waals surface area (Å²) in [6.07, 6.45) is 0.671. The zero-order valence-electron chi connectivity index (χ0n) is 19.8. The van der Waals surface area contributed by atoms with Crippen molar-refractivity contribution in [3.05, 3.63) is 59.2 Å². The molecule has 184 valence electrons. The minimum absolute atomic E-state index is 0.00175. The van der Waals surface area contributed by atoms with Crippen molar-refractivity contribution in [2.75, 3.05) is 13.7 Å². The molecule has 0 saturated carbocycles. The van der Waals surface area contributed by atoms with Crippen molar-refractivity contribution < 1.29 is 32.6 Å². The molecule has 1 atom stereocenters. The van der Waals surface area contributed by atoms with Crippen LogP contribution in [-0.2, 0) is 22.7 Å². The minimum Gasteiger partial charge on any atom is -0.496 e. The summed E-state index contributed by atoms with van der Waals surface area (Å²) in [5.41, 5.74) is 0.304. The maximum Gasteiger partial charge on any atom is 0.410 e. The van der Waals surface area contributed by atoms with Crippen molar-refractivity contribution in [3.8, 4) is 11.5 Å². The van der Waals surface area contributed by atoms with E-state index in [0.29, 0.717) is 36.3 Å². The van der Waals surface area contributed by atoms with Gasteiger partial charge in [-0.05, 0) is 57.4 Å². The molecule has 1 N–H and O–H groups in total. The van der Waals surface area contributed by atoms with Crippen LogP contribution in [0.15, 0.2) is 36.4 Å². The van der Waals surface area contributed by atoms with Crippen LogP contribution in [0.2, 0.25) is 0 Å². The fourth-order valence-corrected chi connectivity index (χ4v) is 3.68. The fraction of sp³-hybridized carbons (Fsp3) is 0.440. The SMILES string of the molecule is COc1cc(OCc2cccc(F)c2)c(F)cc1CNC(=O)[C@@H]1CCCN1C(=O)OC(C)(C)C. The molecule has 3 rings (SSSR count). The lowest BCUT2D eigenvalue weighted by molar-refractivity contribution is -0.125. The number of carbonyl (C=O) groups is 2. The van der Waals surface area contributed by atoms with Gasteiger partial charge in [-0.25, -0.2) is 13.6 Å². The highest BCUT2D eigenvalue weighted by Crippen LogP contribution is 2.29. The summed E-state index contributed by atoms with van der Waals surface area (Å²) in [5.74, 6) is -1.12. The number of likely N-dealkylation sites (tertiary alicyclic amines) is 1. The van der Waals surface area contributed by atoms with E-state index in [9.17, 15) is 18.4 Å². The third-order valence-electron chi connectivity index (χ3n) is 5.25. The van der Waals surface area contributed by atoms with Gasteiger partial charge < -0.3 is 19.5 Å². The summed E-state index contributed by atoms with van der Waals surface area (Å²) in [6, 6.07) is 7.80. The maximum atomic E-state index is 14.7. The largest absolute Gasteiger partial charge is 0.496 e. The molecule has 0 bridgehead atoms. The monoisotopic (exact) mass is 476 g/mol. The lowest BCUT2D eigenvalue weighted by Gasteiger charge is -2.28. The van der Waals surface area contributed by atoms with Crippen LogP contribution in [0.4, 0.5) is 13.6 Å². The van der Waals surface area contributed by atoms with Gasteiger partial charge in [0.1, 0.15) is 29.8 Å². The average Bonchev–Trinajstić information content (AvgIpc) is 3.26. The molecule has 9 heteroatoms. The Hall–Kier alpha value is -3.36. The molecule has 1 heterocycles. The number of amides is 2. The van der Waals surface area contributed by atoms with Crippen LogP contribution in [0.5, 0.6) is 11.5 Å².